The fraction of sp³-hybridized carbons (Fsp3) is 0.167. The molecule has 0 unspecified atom stereocenters. The van der Waals surface area contributed by atoms with Crippen LogP contribution in [0.4, 0.5) is 0 Å². The van der Waals surface area contributed by atoms with Gasteiger partial charge < -0.3 is 13.9 Å². The van der Waals surface area contributed by atoms with E-state index >= 15 is 0 Å². The van der Waals surface area contributed by atoms with E-state index < -0.39 is 0 Å². The molecule has 14 rings (SSSR count). The zero-order valence-electron chi connectivity index (χ0n) is 45.0. The second-order valence-electron chi connectivity index (χ2n) is 23.4. The molecule has 0 bridgehead atoms. The maximum atomic E-state index is 6.91. The summed E-state index contributed by atoms with van der Waals surface area (Å²) < 4.78 is 13.7. The molecule has 12 aromatic rings. The van der Waals surface area contributed by atoms with E-state index in [-0.39, 0.29) is 37.3 Å². The summed E-state index contributed by atoms with van der Waals surface area (Å²) in [4.78, 5) is 4.93. The Morgan fingerprint density at radius 1 is 0.526 bits per heavy atom. The molecule has 0 saturated carbocycles. The van der Waals surface area contributed by atoms with Gasteiger partial charge in [-0.15, -0.1) is 29.7 Å². The van der Waals surface area contributed by atoms with Crippen LogP contribution in [0.1, 0.15) is 78.0 Å². The molecule has 0 saturated heterocycles. The standard InChI is InChI=1S/C72H58N4O.Pt/c1-70(2,3)48-37-40-73-66(42-48)76-64-30-16-15-27-58(64)59-33-32-51(44-65(59)76)77-50-22-17-21-49(43-50)74-45-75-67-52(46-19-9-8-10-20-46)28-18-29-60(67)56-25-13-11-23-54(56)55-24-12-14-26-57(55)61-35-34-53(68(74)69(61)75)47-31-36-62-63(41-47)72(6,7)39-38-71(62,4)5;/h8-37,40-42H,38-39H2,1-7H3;/q-2;. The largest absolute Gasteiger partial charge is 0.510 e. The van der Waals surface area contributed by atoms with Gasteiger partial charge in [-0.3, -0.25) is 4.57 Å². The van der Waals surface area contributed by atoms with Crippen LogP contribution in [0.15, 0.2) is 200 Å². The average molecular weight is 1190 g/mol. The van der Waals surface area contributed by atoms with Crippen molar-refractivity contribution in [3.63, 3.8) is 0 Å². The molecule has 1 aliphatic heterocycles. The number of nitrogens with zero attached hydrogens (tertiary/aromatic N) is 4. The molecule has 6 heteroatoms. The monoisotopic (exact) mass is 1190 g/mol. The van der Waals surface area contributed by atoms with Gasteiger partial charge in [0.2, 0.25) is 0 Å². The number of hydrogen-bond acceptors (Lipinski definition) is 2. The van der Waals surface area contributed by atoms with E-state index in [4.69, 9.17) is 9.72 Å². The summed E-state index contributed by atoms with van der Waals surface area (Å²) in [5.41, 5.74) is 21.5. The molecule has 0 N–H and O–H groups in total. The van der Waals surface area contributed by atoms with Crippen molar-refractivity contribution in [2.24, 2.45) is 0 Å². The van der Waals surface area contributed by atoms with E-state index in [0.717, 1.165) is 102 Å². The van der Waals surface area contributed by atoms with Gasteiger partial charge in [0.05, 0.1) is 16.7 Å². The van der Waals surface area contributed by atoms with Gasteiger partial charge in [-0.25, -0.2) is 4.98 Å². The Balaban J connectivity index is 0.00000579. The normalized spacial score (nSPS) is 14.1. The SMILES string of the molecule is CC(C)(C)c1ccnc(-n2c3[c-]c(Oc4[c-]c(-n5[c-][n+]6c7c(ccc(-c8ccc9c(c8)C(C)(C)CCC9(C)C)c75)-c5ccccc5-c5ccccc5-c5cccc(-c7ccccc7)c5-6)ccc4)ccc3c3ccccc32)c1.[Pt]. The first-order valence-corrected chi connectivity index (χ1v) is 27.0. The molecular weight excluding hydrogens is 1130 g/mol. The fourth-order valence-corrected chi connectivity index (χ4v) is 12.5. The van der Waals surface area contributed by atoms with Crippen molar-refractivity contribution < 1.29 is 30.4 Å². The number of rotatable bonds is 6. The Hall–Kier alpha value is -8.11. The minimum Gasteiger partial charge on any atom is -0.510 e. The molecule has 9 aromatic carbocycles. The van der Waals surface area contributed by atoms with E-state index in [9.17, 15) is 0 Å². The average Bonchev–Trinajstić information content (AvgIpc) is 4.23. The van der Waals surface area contributed by atoms with Gasteiger partial charge in [0.1, 0.15) is 5.82 Å². The molecule has 0 amide bonds. The topological polar surface area (TPSA) is 35.9 Å². The summed E-state index contributed by atoms with van der Waals surface area (Å²) in [6.07, 6.45) is 8.26. The Kier molecular flexibility index (Phi) is 11.8. The van der Waals surface area contributed by atoms with Crippen molar-refractivity contribution in [2.45, 2.75) is 77.6 Å². The fourth-order valence-electron chi connectivity index (χ4n) is 12.5. The Bertz CT molecular complexity index is 4360. The Morgan fingerprint density at radius 2 is 1.15 bits per heavy atom. The molecule has 384 valence electrons. The predicted octanol–water partition coefficient (Wildman–Crippen LogP) is 17.9. The zero-order valence-corrected chi connectivity index (χ0v) is 47.3. The first-order chi connectivity index (χ1) is 37.3. The molecule has 0 fully saturated rings. The van der Waals surface area contributed by atoms with Crippen molar-refractivity contribution in [1.82, 2.24) is 14.1 Å². The van der Waals surface area contributed by atoms with Gasteiger partial charge >= 0.3 is 0 Å². The van der Waals surface area contributed by atoms with Crippen LogP contribution in [0.5, 0.6) is 11.5 Å². The molecule has 2 aliphatic rings. The van der Waals surface area contributed by atoms with Gasteiger partial charge in [-0.1, -0.05) is 200 Å². The Labute approximate surface area is 471 Å². The van der Waals surface area contributed by atoms with E-state index in [1.54, 1.807) is 0 Å². The molecule has 0 radical (unpaired) electrons. The number of aromatic nitrogens is 4. The van der Waals surface area contributed by atoms with Crippen LogP contribution in [0.3, 0.4) is 0 Å². The van der Waals surface area contributed by atoms with Crippen LogP contribution in [0.25, 0.3) is 106 Å². The van der Waals surface area contributed by atoms with Gasteiger partial charge in [-0.05, 0) is 131 Å². The second kappa shape index (κ2) is 18.5. The number of ether oxygens (including phenoxy) is 1. The molecule has 1 aliphatic carbocycles. The molecule has 3 aromatic heterocycles. The number of hydrogen-bond donors (Lipinski definition) is 0. The summed E-state index contributed by atoms with van der Waals surface area (Å²) in [5, 5.41) is 2.21. The molecule has 0 spiro atoms. The number of benzene rings is 9. The third kappa shape index (κ3) is 8.00. The maximum absolute atomic E-state index is 6.91. The van der Waals surface area contributed by atoms with E-state index in [1.807, 2.05) is 18.3 Å². The summed E-state index contributed by atoms with van der Waals surface area (Å²) in [6.45, 7) is 16.3. The zero-order chi connectivity index (χ0) is 52.4. The van der Waals surface area contributed by atoms with Crippen LogP contribution >= 0.6 is 0 Å². The minimum atomic E-state index is -0.0486. The van der Waals surface area contributed by atoms with Crippen molar-refractivity contribution in [3.05, 3.63) is 235 Å². The van der Waals surface area contributed by atoms with Crippen LogP contribution in [-0.2, 0) is 37.3 Å². The summed E-state index contributed by atoms with van der Waals surface area (Å²) in [6, 6.07) is 77.8. The molecule has 5 nitrogen and oxygen atoms in total. The maximum Gasteiger partial charge on any atom is 0.268 e. The summed E-state index contributed by atoms with van der Waals surface area (Å²) in [7, 11) is 0. The van der Waals surface area contributed by atoms with E-state index in [2.05, 4.69) is 263 Å². The minimum absolute atomic E-state index is 0. The second-order valence-corrected chi connectivity index (χ2v) is 23.4. The number of para-hydroxylation sites is 2. The predicted molar refractivity (Wildman–Crippen MR) is 315 cm³/mol. The van der Waals surface area contributed by atoms with Gasteiger partial charge in [-0.2, -0.15) is 18.2 Å². The first-order valence-electron chi connectivity index (χ1n) is 27.0. The molecule has 0 atom stereocenters. The first kappa shape index (κ1) is 49.5. The smallest absolute Gasteiger partial charge is 0.268 e. The molecular formula is C72H58N4OPt-2. The third-order valence-corrected chi connectivity index (χ3v) is 16.6. The van der Waals surface area contributed by atoms with Crippen molar-refractivity contribution in [3.8, 4) is 84.3 Å². The summed E-state index contributed by atoms with van der Waals surface area (Å²) >= 11 is 0. The van der Waals surface area contributed by atoms with Gasteiger partial charge in [0.15, 0.2) is 0 Å². The van der Waals surface area contributed by atoms with Gasteiger partial charge in [0.25, 0.3) is 6.33 Å². The van der Waals surface area contributed by atoms with Crippen LogP contribution in [0, 0.1) is 18.5 Å². The number of imidazole rings is 1. The van der Waals surface area contributed by atoms with Crippen molar-refractivity contribution >= 4 is 32.8 Å². The molecule has 78 heavy (non-hydrogen) atoms. The number of fused-ring (bicyclic) bond motifs is 11. The molecule has 4 heterocycles. The van der Waals surface area contributed by atoms with Crippen molar-refractivity contribution in [1.29, 1.82) is 0 Å². The van der Waals surface area contributed by atoms with Crippen molar-refractivity contribution in [2.75, 3.05) is 0 Å². The summed E-state index contributed by atoms with van der Waals surface area (Å²) in [5.74, 6) is 1.99. The quantitative estimate of drug-likeness (QED) is 0.123. The number of pyridine rings is 1. The third-order valence-electron chi connectivity index (χ3n) is 16.6. The van der Waals surface area contributed by atoms with E-state index in [1.165, 1.54) is 33.4 Å². The van der Waals surface area contributed by atoms with Crippen LogP contribution < -0.4 is 9.30 Å². The van der Waals surface area contributed by atoms with Crippen LogP contribution in [-0.4, -0.2) is 14.1 Å². The Morgan fingerprint density at radius 3 is 1.91 bits per heavy atom. The van der Waals surface area contributed by atoms with Gasteiger partial charge in [0, 0.05) is 44.3 Å². The van der Waals surface area contributed by atoms with Crippen LogP contribution in [0.2, 0.25) is 0 Å². The van der Waals surface area contributed by atoms with E-state index in [0.29, 0.717) is 11.5 Å².